The zero-order valence-electron chi connectivity index (χ0n) is 14.2. The fourth-order valence-corrected chi connectivity index (χ4v) is 4.93. The van der Waals surface area contributed by atoms with Gasteiger partial charge in [-0.3, -0.25) is 4.79 Å². The van der Waals surface area contributed by atoms with Gasteiger partial charge in [-0.1, -0.05) is 77.5 Å². The summed E-state index contributed by atoms with van der Waals surface area (Å²) in [5, 5.41) is 2.33. The predicted molar refractivity (Wildman–Crippen MR) is 117 cm³/mol. The van der Waals surface area contributed by atoms with E-state index in [1.807, 2.05) is 47.2 Å². The van der Waals surface area contributed by atoms with Crippen molar-refractivity contribution in [3.8, 4) is 16.8 Å². The highest BCUT2D eigenvalue weighted by Gasteiger charge is 2.26. The molecule has 0 saturated carbocycles. The second kappa shape index (κ2) is 6.74. The van der Waals surface area contributed by atoms with Crippen LogP contribution in [0.5, 0.6) is 0 Å². The lowest BCUT2D eigenvalue weighted by atomic mass is 10.1. The number of hydrogen-bond acceptors (Lipinski definition) is 4. The summed E-state index contributed by atoms with van der Waals surface area (Å²) < 4.78 is 3.96. The molecule has 5 rings (SSSR count). The topological polar surface area (TPSA) is 39.8 Å². The van der Waals surface area contributed by atoms with Crippen molar-refractivity contribution >= 4 is 64.1 Å². The average molecular weight is 444 g/mol. The Hall–Kier alpha value is -2.12. The van der Waals surface area contributed by atoms with Gasteiger partial charge in [-0.15, -0.1) is 0 Å². The third kappa shape index (κ3) is 2.71. The van der Waals surface area contributed by atoms with Gasteiger partial charge in [-0.25, -0.2) is 9.55 Å². The summed E-state index contributed by atoms with van der Waals surface area (Å²) in [5.41, 5.74) is 3.43. The minimum absolute atomic E-state index is 0.0410. The first-order valence-corrected chi connectivity index (χ1v) is 10.5. The largest absolute Gasteiger partial charge is 0.300 e. The van der Waals surface area contributed by atoms with Crippen LogP contribution in [0.3, 0.4) is 0 Å². The zero-order chi connectivity index (χ0) is 19.4. The van der Waals surface area contributed by atoms with Crippen LogP contribution in [0.2, 0.25) is 10.0 Å². The molecule has 0 bridgehead atoms. The van der Waals surface area contributed by atoms with Crippen molar-refractivity contribution in [1.82, 2.24) is 14.1 Å². The Balaban J connectivity index is 1.90. The van der Waals surface area contributed by atoms with Crippen LogP contribution >= 0.6 is 47.2 Å². The average Bonchev–Trinajstić information content (AvgIpc) is 3.27. The van der Waals surface area contributed by atoms with Crippen LogP contribution in [0.1, 0.15) is 4.79 Å². The molecule has 8 heteroatoms. The quantitative estimate of drug-likeness (QED) is 0.270. The molecule has 28 heavy (non-hydrogen) atoms. The van der Waals surface area contributed by atoms with Gasteiger partial charge in [0.2, 0.25) is 5.91 Å². The van der Waals surface area contributed by atoms with Crippen LogP contribution in [0.25, 0.3) is 27.8 Å². The molecule has 0 unspecified atom stereocenters. The monoisotopic (exact) mass is 443 g/mol. The number of halogens is 2. The van der Waals surface area contributed by atoms with E-state index >= 15 is 0 Å². The fourth-order valence-electron chi connectivity index (χ4n) is 3.33. The summed E-state index contributed by atoms with van der Waals surface area (Å²) in [5.74, 6) is 0.303. The van der Waals surface area contributed by atoms with E-state index in [1.54, 1.807) is 12.1 Å². The second-order valence-electron chi connectivity index (χ2n) is 6.29. The molecule has 0 fully saturated rings. The Morgan fingerprint density at radius 2 is 1.86 bits per heavy atom. The molecule has 0 amide bonds. The highest BCUT2D eigenvalue weighted by atomic mass is 35.5. The molecule has 0 spiro atoms. The molecule has 0 aliphatic carbocycles. The van der Waals surface area contributed by atoms with Gasteiger partial charge >= 0.3 is 0 Å². The van der Waals surface area contributed by atoms with Crippen LogP contribution in [0.4, 0.5) is 0 Å². The molecule has 2 aromatic carbocycles. The molecular formula is C20H11Cl2N3OS2. The Morgan fingerprint density at radius 1 is 1.07 bits per heavy atom. The third-order valence-corrected chi connectivity index (χ3v) is 6.68. The first kappa shape index (κ1) is 17.9. The van der Waals surface area contributed by atoms with E-state index in [9.17, 15) is 4.79 Å². The van der Waals surface area contributed by atoms with Crippen LogP contribution < -0.4 is 0 Å². The summed E-state index contributed by atoms with van der Waals surface area (Å²) in [6.45, 7) is 0. The minimum atomic E-state index is -0.0410. The van der Waals surface area contributed by atoms with Gasteiger partial charge in [-0.05, 0) is 23.8 Å². The van der Waals surface area contributed by atoms with E-state index in [2.05, 4.69) is 0 Å². The van der Waals surface area contributed by atoms with Crippen molar-refractivity contribution in [1.29, 1.82) is 0 Å². The lowest BCUT2D eigenvalue weighted by molar-refractivity contribution is 0.0936. The van der Waals surface area contributed by atoms with Gasteiger partial charge in [0.05, 0.1) is 21.2 Å². The van der Waals surface area contributed by atoms with E-state index < -0.39 is 0 Å². The maximum atomic E-state index is 12.3. The fraction of sp³-hybridized carbons (Fsp3) is 0.0500. The smallest absolute Gasteiger partial charge is 0.244 e. The molecule has 2 aromatic heterocycles. The normalized spacial score (nSPS) is 13.3. The number of nitrogens with zero attached hydrogens (tertiary/aromatic N) is 3. The highest BCUT2D eigenvalue weighted by Crippen LogP contribution is 2.37. The second-order valence-corrected chi connectivity index (χ2v) is 8.44. The zero-order valence-corrected chi connectivity index (χ0v) is 17.4. The highest BCUT2D eigenvalue weighted by molar-refractivity contribution is 8.00. The number of carbonyl (C=O) groups is 1. The molecule has 0 saturated heterocycles. The maximum Gasteiger partial charge on any atom is 0.244 e. The van der Waals surface area contributed by atoms with Crippen molar-refractivity contribution in [2.45, 2.75) is 5.16 Å². The van der Waals surface area contributed by atoms with Gasteiger partial charge in [0, 0.05) is 17.4 Å². The number of hydrogen-bond donors (Lipinski definition) is 0. The molecule has 3 heterocycles. The lowest BCUT2D eigenvalue weighted by Gasteiger charge is -2.08. The number of thioether (sulfide) groups is 1. The molecular weight excluding hydrogens is 433 g/mol. The summed E-state index contributed by atoms with van der Waals surface area (Å²) in [7, 11) is 0. The molecule has 4 nitrogen and oxygen atoms in total. The minimum Gasteiger partial charge on any atom is -0.300 e. The molecule has 4 aromatic rings. The first-order chi connectivity index (χ1) is 13.5. The summed E-state index contributed by atoms with van der Waals surface area (Å²) in [6.07, 6.45) is 1.98. The van der Waals surface area contributed by atoms with Crippen molar-refractivity contribution in [3.05, 3.63) is 69.4 Å². The number of rotatable bonds is 2. The van der Waals surface area contributed by atoms with Gasteiger partial charge in [0.25, 0.3) is 0 Å². The Bertz CT molecular complexity index is 1330. The van der Waals surface area contributed by atoms with Gasteiger partial charge in [0.1, 0.15) is 4.64 Å². The maximum absolute atomic E-state index is 12.3. The van der Waals surface area contributed by atoms with E-state index in [-0.39, 0.29) is 5.91 Å². The Kier molecular flexibility index (Phi) is 4.32. The van der Waals surface area contributed by atoms with Crippen LogP contribution in [-0.4, -0.2) is 25.8 Å². The van der Waals surface area contributed by atoms with E-state index in [4.69, 9.17) is 40.4 Å². The summed E-state index contributed by atoms with van der Waals surface area (Å²) in [6, 6.07) is 15.3. The van der Waals surface area contributed by atoms with Gasteiger partial charge in [0.15, 0.2) is 10.8 Å². The molecule has 0 N–H and O–H groups in total. The van der Waals surface area contributed by atoms with E-state index in [0.29, 0.717) is 31.2 Å². The van der Waals surface area contributed by atoms with Crippen molar-refractivity contribution < 1.29 is 4.79 Å². The summed E-state index contributed by atoms with van der Waals surface area (Å²) >= 11 is 19.4. The Morgan fingerprint density at radius 3 is 2.61 bits per heavy atom. The Labute approximate surface area is 179 Å². The molecule has 1 aliphatic heterocycles. The molecule has 138 valence electrons. The van der Waals surface area contributed by atoms with Crippen molar-refractivity contribution in [2.75, 3.05) is 5.75 Å². The van der Waals surface area contributed by atoms with Gasteiger partial charge < -0.3 is 4.57 Å². The molecule has 0 atom stereocenters. The van der Waals surface area contributed by atoms with Crippen LogP contribution in [0, 0.1) is 4.64 Å². The molecule has 0 radical (unpaired) electrons. The van der Waals surface area contributed by atoms with E-state index in [1.165, 1.54) is 16.3 Å². The van der Waals surface area contributed by atoms with Crippen LogP contribution in [0.15, 0.2) is 59.9 Å². The van der Waals surface area contributed by atoms with Crippen molar-refractivity contribution in [2.24, 2.45) is 0 Å². The lowest BCUT2D eigenvalue weighted by Crippen LogP contribution is -2.10. The summed E-state index contributed by atoms with van der Waals surface area (Å²) in [4.78, 5) is 17.1. The number of benzene rings is 2. The third-order valence-electron chi connectivity index (χ3n) is 4.63. The standard InChI is InChI=1S/C20H11Cl2N3OS2/c21-14-7-6-12(8-15(14)22)24-9-13(11-4-2-1-3-5-11)17-18(24)23-20-25(19(17)27)16(26)10-28-20/h1-9H,10H2. The van der Waals surface area contributed by atoms with Crippen LogP contribution in [-0.2, 0) is 0 Å². The first-order valence-electron chi connectivity index (χ1n) is 8.39. The number of carbonyl (C=O) groups excluding carboxylic acids is 1. The number of fused-ring (bicyclic) bond motifs is 2. The van der Waals surface area contributed by atoms with Crippen molar-refractivity contribution in [3.63, 3.8) is 0 Å². The van der Waals surface area contributed by atoms with Gasteiger partial charge in [-0.2, -0.15) is 0 Å². The SMILES string of the molecule is O=C1CSc2nc3c(c(-c4ccccc4)cn3-c3ccc(Cl)c(Cl)c3)c(=S)n21. The predicted octanol–water partition coefficient (Wildman–Crippen LogP) is 6.28. The molecule has 1 aliphatic rings. The van der Waals surface area contributed by atoms with E-state index in [0.717, 1.165) is 22.2 Å². The number of aromatic nitrogens is 3.